The molecule has 1 aromatic heterocycles. The molecule has 0 amide bonds. The fraction of sp³-hybridized carbons (Fsp3) is 0.100. The molecule has 0 atom stereocenters. The van der Waals surface area contributed by atoms with Crippen molar-refractivity contribution in [2.24, 2.45) is 7.05 Å². The fourth-order valence-corrected chi connectivity index (χ4v) is 2.84. The van der Waals surface area contributed by atoms with Gasteiger partial charge in [0.15, 0.2) is 0 Å². The Labute approximate surface area is 155 Å². The summed E-state index contributed by atoms with van der Waals surface area (Å²) < 4.78 is 3.26. The third-order valence-electron chi connectivity index (χ3n) is 4.40. The van der Waals surface area contributed by atoms with Crippen molar-refractivity contribution in [3.8, 4) is 11.8 Å². The predicted octanol–water partition coefficient (Wildman–Crippen LogP) is 3.46. The third kappa shape index (κ3) is 3.28. The predicted molar refractivity (Wildman–Crippen MR) is 102 cm³/mol. The lowest BCUT2D eigenvalue weighted by Crippen LogP contribution is -2.20. The van der Waals surface area contributed by atoms with Crippen LogP contribution in [0.2, 0.25) is 0 Å². The summed E-state index contributed by atoms with van der Waals surface area (Å²) in [5.41, 5.74) is 2.30. The monoisotopic (exact) mass is 360 g/mol. The van der Waals surface area contributed by atoms with Crippen molar-refractivity contribution >= 4 is 17.3 Å². The van der Waals surface area contributed by atoms with Crippen LogP contribution in [0, 0.1) is 28.4 Å². The molecule has 2 aromatic carbocycles. The van der Waals surface area contributed by atoms with Gasteiger partial charge in [0.2, 0.25) is 0 Å². The Kier molecular flexibility index (Phi) is 4.73. The summed E-state index contributed by atoms with van der Waals surface area (Å²) >= 11 is 0. The minimum absolute atomic E-state index is 0.0571. The van der Waals surface area contributed by atoms with Crippen LogP contribution in [-0.2, 0) is 7.05 Å². The Hall–Kier alpha value is -3.92. The van der Waals surface area contributed by atoms with Crippen LogP contribution in [-0.4, -0.2) is 14.3 Å². The summed E-state index contributed by atoms with van der Waals surface area (Å²) in [7, 11) is 1.78. The van der Waals surface area contributed by atoms with Crippen molar-refractivity contribution in [2.75, 3.05) is 0 Å². The summed E-state index contributed by atoms with van der Waals surface area (Å²) in [4.78, 5) is 23.2. The number of rotatable bonds is 4. The number of non-ortho nitro benzene ring substituents is 1. The molecular formula is C20H16N4O3. The number of hydrogen-bond donors (Lipinski definition) is 0. The van der Waals surface area contributed by atoms with Gasteiger partial charge in [-0.15, -0.1) is 0 Å². The molecule has 134 valence electrons. The van der Waals surface area contributed by atoms with E-state index in [1.165, 1.54) is 35.0 Å². The Morgan fingerprint density at radius 1 is 1.15 bits per heavy atom. The van der Waals surface area contributed by atoms with Crippen LogP contribution in [0.4, 0.5) is 5.69 Å². The highest BCUT2D eigenvalue weighted by molar-refractivity contribution is 5.90. The molecule has 1 heterocycles. The summed E-state index contributed by atoms with van der Waals surface area (Å²) in [5.74, 6) is 0. The van der Waals surface area contributed by atoms with Crippen LogP contribution >= 0.6 is 0 Å². The molecule has 0 N–H and O–H groups in total. The summed E-state index contributed by atoms with van der Waals surface area (Å²) in [6.07, 6.45) is 1.53. The minimum atomic E-state index is -0.501. The fourth-order valence-electron chi connectivity index (χ4n) is 2.84. The number of nitro groups is 1. The zero-order valence-corrected chi connectivity index (χ0v) is 14.8. The number of benzene rings is 2. The molecule has 7 heteroatoms. The molecule has 0 bridgehead atoms. The van der Waals surface area contributed by atoms with Gasteiger partial charge in [-0.1, -0.05) is 18.2 Å². The first-order valence-electron chi connectivity index (χ1n) is 8.14. The quantitative estimate of drug-likeness (QED) is 0.404. The first kappa shape index (κ1) is 17.9. The maximum absolute atomic E-state index is 12.9. The molecule has 0 aliphatic heterocycles. The molecule has 3 aromatic rings. The Morgan fingerprint density at radius 2 is 1.78 bits per heavy atom. The van der Waals surface area contributed by atoms with Crippen molar-refractivity contribution in [2.45, 2.75) is 6.92 Å². The van der Waals surface area contributed by atoms with Gasteiger partial charge in [-0.2, -0.15) is 5.26 Å². The maximum Gasteiger partial charge on any atom is 0.278 e. The molecule has 0 saturated carbocycles. The van der Waals surface area contributed by atoms with Crippen LogP contribution in [0.1, 0.15) is 16.8 Å². The van der Waals surface area contributed by atoms with Gasteiger partial charge < -0.3 is 0 Å². The minimum Gasteiger partial charge on any atom is -0.285 e. The largest absolute Gasteiger partial charge is 0.285 e. The van der Waals surface area contributed by atoms with Crippen molar-refractivity contribution in [1.29, 1.82) is 5.26 Å². The van der Waals surface area contributed by atoms with Crippen molar-refractivity contribution < 1.29 is 4.92 Å². The van der Waals surface area contributed by atoms with E-state index in [0.29, 0.717) is 16.8 Å². The lowest BCUT2D eigenvalue weighted by Gasteiger charge is -2.07. The number of nitro benzene ring substituents is 1. The standard InChI is InChI=1S/C20H16N4O3/c1-14-19(20(25)23(22(14)2)17-6-4-3-5-7-17)12-16(13-21)15-8-10-18(11-9-15)24(26)27/h3-12H,1-2H3/b16-12-. The van der Waals surface area contributed by atoms with Crippen LogP contribution < -0.4 is 5.56 Å². The Balaban J connectivity index is 2.12. The molecular weight excluding hydrogens is 344 g/mol. The highest BCUT2D eigenvalue weighted by Gasteiger charge is 2.16. The molecule has 0 fully saturated rings. The number of nitriles is 1. The zero-order chi connectivity index (χ0) is 19.6. The van der Waals surface area contributed by atoms with E-state index in [1.54, 1.807) is 18.7 Å². The van der Waals surface area contributed by atoms with E-state index < -0.39 is 4.92 Å². The zero-order valence-electron chi connectivity index (χ0n) is 14.8. The maximum atomic E-state index is 12.9. The third-order valence-corrected chi connectivity index (χ3v) is 4.40. The molecule has 27 heavy (non-hydrogen) atoms. The molecule has 0 saturated heterocycles. The smallest absolute Gasteiger partial charge is 0.278 e. The lowest BCUT2D eigenvalue weighted by atomic mass is 10.0. The molecule has 3 rings (SSSR count). The number of allylic oxidation sites excluding steroid dienone is 1. The molecule has 0 spiro atoms. The van der Waals surface area contributed by atoms with Gasteiger partial charge in [0.1, 0.15) is 0 Å². The van der Waals surface area contributed by atoms with E-state index in [-0.39, 0.29) is 16.8 Å². The number of aromatic nitrogens is 2. The molecule has 0 aliphatic carbocycles. The SMILES string of the molecule is Cc1c(/C=C(/C#N)c2ccc([N+](=O)[O-])cc2)c(=O)n(-c2ccccc2)n1C. The topological polar surface area (TPSA) is 93.9 Å². The van der Waals surface area contributed by atoms with Crippen LogP contribution in [0.15, 0.2) is 59.4 Å². The van der Waals surface area contributed by atoms with E-state index in [9.17, 15) is 20.2 Å². The summed E-state index contributed by atoms with van der Waals surface area (Å²) in [6.45, 7) is 1.80. The van der Waals surface area contributed by atoms with Gasteiger partial charge in [-0.25, -0.2) is 4.68 Å². The van der Waals surface area contributed by atoms with Crippen molar-refractivity contribution in [3.05, 3.63) is 91.9 Å². The van der Waals surface area contributed by atoms with Gasteiger partial charge in [0.25, 0.3) is 11.2 Å². The highest BCUT2D eigenvalue weighted by Crippen LogP contribution is 2.21. The van der Waals surface area contributed by atoms with Gasteiger partial charge in [-0.05, 0) is 42.8 Å². The van der Waals surface area contributed by atoms with E-state index in [1.807, 2.05) is 30.3 Å². The number of hydrogen-bond acceptors (Lipinski definition) is 4. The molecule has 0 aliphatic rings. The van der Waals surface area contributed by atoms with Gasteiger partial charge in [-0.3, -0.25) is 19.6 Å². The molecule has 0 unspecified atom stereocenters. The second kappa shape index (κ2) is 7.14. The van der Waals surface area contributed by atoms with Gasteiger partial charge in [0.05, 0.1) is 27.8 Å². The van der Waals surface area contributed by atoms with E-state index in [0.717, 1.165) is 5.69 Å². The average molecular weight is 360 g/mol. The van der Waals surface area contributed by atoms with Crippen LogP contribution in [0.3, 0.4) is 0 Å². The van der Waals surface area contributed by atoms with Crippen molar-refractivity contribution in [3.63, 3.8) is 0 Å². The second-order valence-electron chi connectivity index (χ2n) is 5.95. The van der Waals surface area contributed by atoms with Crippen LogP contribution in [0.25, 0.3) is 17.3 Å². The second-order valence-corrected chi connectivity index (χ2v) is 5.95. The number of nitrogens with zero attached hydrogens (tertiary/aromatic N) is 4. The van der Waals surface area contributed by atoms with E-state index in [2.05, 4.69) is 6.07 Å². The lowest BCUT2D eigenvalue weighted by molar-refractivity contribution is -0.384. The Bertz CT molecular complexity index is 1130. The highest BCUT2D eigenvalue weighted by atomic mass is 16.6. The van der Waals surface area contributed by atoms with Gasteiger partial charge in [0, 0.05) is 24.9 Å². The van der Waals surface area contributed by atoms with Crippen LogP contribution in [0.5, 0.6) is 0 Å². The normalized spacial score (nSPS) is 11.2. The first-order chi connectivity index (χ1) is 12.9. The van der Waals surface area contributed by atoms with E-state index >= 15 is 0 Å². The summed E-state index contributed by atoms with van der Waals surface area (Å²) in [5, 5.41) is 20.3. The molecule has 0 radical (unpaired) electrons. The Morgan fingerprint density at radius 3 is 2.33 bits per heavy atom. The van der Waals surface area contributed by atoms with E-state index in [4.69, 9.17) is 0 Å². The molecule has 7 nitrogen and oxygen atoms in total. The summed E-state index contributed by atoms with van der Waals surface area (Å²) in [6, 6.07) is 17.0. The number of para-hydroxylation sites is 1. The first-order valence-corrected chi connectivity index (χ1v) is 8.14. The van der Waals surface area contributed by atoms with Crippen molar-refractivity contribution in [1.82, 2.24) is 9.36 Å². The van der Waals surface area contributed by atoms with Gasteiger partial charge >= 0.3 is 0 Å². The average Bonchev–Trinajstić information content (AvgIpc) is 2.89.